The van der Waals surface area contributed by atoms with Gasteiger partial charge in [-0.25, -0.2) is 0 Å². The third-order valence-electron chi connectivity index (χ3n) is 1.89. The van der Waals surface area contributed by atoms with Crippen molar-refractivity contribution in [3.05, 3.63) is 34.4 Å². The number of fused-ring (bicyclic) bond motifs is 1. The van der Waals surface area contributed by atoms with E-state index in [0.717, 1.165) is 5.39 Å². The molecule has 0 saturated heterocycles. The van der Waals surface area contributed by atoms with Crippen molar-refractivity contribution in [3.8, 4) is 0 Å². The zero-order valence-corrected chi connectivity index (χ0v) is 8.01. The first-order chi connectivity index (χ1) is 6.24. The Morgan fingerprint density at radius 3 is 2.69 bits per heavy atom. The topological polar surface area (TPSA) is 22.0 Å². The van der Waals surface area contributed by atoms with Crippen LogP contribution in [-0.2, 0) is 4.79 Å². The lowest BCUT2D eigenvalue weighted by Gasteiger charge is -1.99. The third-order valence-corrected chi connectivity index (χ3v) is 2.68. The molecule has 0 aliphatic carbocycles. The summed E-state index contributed by atoms with van der Waals surface area (Å²) in [5, 5.41) is 1.77. The minimum Gasteiger partial charge on any atom is -0.288 e. The highest BCUT2D eigenvalue weighted by molar-refractivity contribution is 6.45. The van der Waals surface area contributed by atoms with Crippen LogP contribution in [0.5, 0.6) is 0 Å². The molecule has 0 saturated carbocycles. The average Bonchev–Trinajstić information content (AvgIpc) is 2.55. The molecule has 0 bridgehead atoms. The molecule has 0 amide bonds. The van der Waals surface area contributed by atoms with Gasteiger partial charge in [-0.1, -0.05) is 29.3 Å². The monoisotopic (exact) mass is 213 g/mol. The van der Waals surface area contributed by atoms with E-state index in [1.807, 2.05) is 12.1 Å². The van der Waals surface area contributed by atoms with Gasteiger partial charge in [0.15, 0.2) is 0 Å². The zero-order valence-electron chi connectivity index (χ0n) is 6.50. The second-order valence-corrected chi connectivity index (χ2v) is 3.41. The number of halogens is 2. The molecule has 1 heterocycles. The van der Waals surface area contributed by atoms with E-state index in [9.17, 15) is 4.79 Å². The molecule has 66 valence electrons. The van der Waals surface area contributed by atoms with Gasteiger partial charge in [-0.3, -0.25) is 9.36 Å². The molecular weight excluding hydrogens is 209 g/mol. The predicted molar refractivity (Wildman–Crippen MR) is 54.1 cm³/mol. The van der Waals surface area contributed by atoms with E-state index in [2.05, 4.69) is 0 Å². The van der Waals surface area contributed by atoms with E-state index in [0.29, 0.717) is 22.0 Å². The Labute approximate surface area is 84.7 Å². The fourth-order valence-corrected chi connectivity index (χ4v) is 1.70. The average molecular weight is 214 g/mol. The molecule has 2 rings (SSSR count). The van der Waals surface area contributed by atoms with Gasteiger partial charge in [0, 0.05) is 11.6 Å². The van der Waals surface area contributed by atoms with Crippen LogP contribution >= 0.6 is 23.2 Å². The van der Waals surface area contributed by atoms with E-state index in [1.165, 1.54) is 4.57 Å². The van der Waals surface area contributed by atoms with Crippen LogP contribution in [0.3, 0.4) is 0 Å². The fraction of sp³-hybridized carbons (Fsp3) is 0. The van der Waals surface area contributed by atoms with Crippen molar-refractivity contribution in [2.45, 2.75) is 0 Å². The van der Waals surface area contributed by atoms with Crippen LogP contribution in [0.15, 0.2) is 24.4 Å². The summed E-state index contributed by atoms with van der Waals surface area (Å²) in [7, 11) is 0. The van der Waals surface area contributed by atoms with E-state index in [-0.39, 0.29) is 0 Å². The molecule has 0 aliphatic heterocycles. The van der Waals surface area contributed by atoms with Gasteiger partial charge in [-0.15, -0.1) is 0 Å². The summed E-state index contributed by atoms with van der Waals surface area (Å²) in [4.78, 5) is 10.6. The summed E-state index contributed by atoms with van der Waals surface area (Å²) in [5.41, 5.74) is 0.657. The number of benzene rings is 1. The highest BCUT2D eigenvalue weighted by Crippen LogP contribution is 2.30. The molecule has 1 aromatic carbocycles. The first-order valence-corrected chi connectivity index (χ1v) is 4.39. The normalized spacial score (nSPS) is 10.6. The Bertz CT molecular complexity index is 476. The van der Waals surface area contributed by atoms with Crippen LogP contribution in [0.1, 0.15) is 0 Å². The van der Waals surface area contributed by atoms with Crippen LogP contribution in [0.2, 0.25) is 10.0 Å². The van der Waals surface area contributed by atoms with Crippen LogP contribution in [0.25, 0.3) is 10.9 Å². The van der Waals surface area contributed by atoms with Crippen molar-refractivity contribution in [1.29, 1.82) is 0 Å². The van der Waals surface area contributed by atoms with Crippen molar-refractivity contribution in [2.75, 3.05) is 0 Å². The van der Waals surface area contributed by atoms with Crippen LogP contribution in [0, 0.1) is 0 Å². The van der Waals surface area contributed by atoms with E-state index in [1.54, 1.807) is 12.3 Å². The molecule has 2 aromatic rings. The standard InChI is InChI=1S/C9H5Cl2NO/c10-7-2-1-6-3-4-12(5-13)9(6)8(7)11/h1-5H. The molecule has 4 heteroatoms. The Kier molecular flexibility index (Phi) is 2.02. The maximum Gasteiger partial charge on any atom is 0.218 e. The minimum absolute atomic E-state index is 0.413. The maximum atomic E-state index is 10.6. The molecule has 0 aliphatic rings. The Morgan fingerprint density at radius 1 is 1.23 bits per heavy atom. The number of hydrogen-bond acceptors (Lipinski definition) is 1. The Balaban J connectivity index is 2.93. The lowest BCUT2D eigenvalue weighted by atomic mass is 10.2. The van der Waals surface area contributed by atoms with Gasteiger partial charge in [0.2, 0.25) is 6.41 Å². The van der Waals surface area contributed by atoms with Crippen molar-refractivity contribution in [3.63, 3.8) is 0 Å². The molecule has 0 spiro atoms. The summed E-state index contributed by atoms with van der Waals surface area (Å²) in [6, 6.07) is 5.34. The van der Waals surface area contributed by atoms with E-state index >= 15 is 0 Å². The number of hydrogen-bond donors (Lipinski definition) is 0. The number of rotatable bonds is 1. The van der Waals surface area contributed by atoms with E-state index in [4.69, 9.17) is 23.2 Å². The van der Waals surface area contributed by atoms with Crippen molar-refractivity contribution < 1.29 is 4.79 Å². The Morgan fingerprint density at radius 2 is 2.00 bits per heavy atom. The summed E-state index contributed by atoms with van der Waals surface area (Å²) in [6.45, 7) is 0. The van der Waals surface area contributed by atoms with Gasteiger partial charge in [-0.05, 0) is 12.1 Å². The first kappa shape index (κ1) is 8.60. The number of carbonyl (C=O) groups excluding carboxylic acids is 1. The number of aromatic nitrogens is 1. The van der Waals surface area contributed by atoms with Crippen molar-refractivity contribution in [2.24, 2.45) is 0 Å². The van der Waals surface area contributed by atoms with Crippen molar-refractivity contribution in [1.82, 2.24) is 4.57 Å². The lowest BCUT2D eigenvalue weighted by Crippen LogP contribution is -1.91. The van der Waals surface area contributed by atoms with E-state index < -0.39 is 0 Å². The molecule has 0 radical (unpaired) electrons. The predicted octanol–water partition coefficient (Wildman–Crippen LogP) is 2.99. The third kappa shape index (κ3) is 1.23. The highest BCUT2D eigenvalue weighted by atomic mass is 35.5. The number of nitrogens with zero attached hydrogens (tertiary/aromatic N) is 1. The highest BCUT2D eigenvalue weighted by Gasteiger charge is 2.07. The molecule has 1 aromatic heterocycles. The zero-order chi connectivity index (χ0) is 9.42. The lowest BCUT2D eigenvalue weighted by molar-refractivity contribution is 0.549. The summed E-state index contributed by atoms with van der Waals surface area (Å²) in [6.07, 6.45) is 2.35. The van der Waals surface area contributed by atoms with Crippen molar-refractivity contribution >= 4 is 40.5 Å². The smallest absolute Gasteiger partial charge is 0.218 e. The molecule has 2 nitrogen and oxygen atoms in total. The van der Waals surface area contributed by atoms with Gasteiger partial charge in [0.05, 0.1) is 15.6 Å². The van der Waals surface area contributed by atoms with Gasteiger partial charge in [0.25, 0.3) is 0 Å². The van der Waals surface area contributed by atoms with Crippen LogP contribution in [-0.4, -0.2) is 11.0 Å². The van der Waals surface area contributed by atoms with Gasteiger partial charge < -0.3 is 0 Å². The van der Waals surface area contributed by atoms with Gasteiger partial charge >= 0.3 is 0 Å². The molecule has 0 N–H and O–H groups in total. The quantitative estimate of drug-likeness (QED) is 0.668. The molecule has 13 heavy (non-hydrogen) atoms. The molecule has 0 atom stereocenters. The number of carbonyl (C=O) groups is 1. The van der Waals surface area contributed by atoms with Gasteiger partial charge in [-0.2, -0.15) is 0 Å². The first-order valence-electron chi connectivity index (χ1n) is 3.64. The van der Waals surface area contributed by atoms with Crippen LogP contribution in [0.4, 0.5) is 0 Å². The van der Waals surface area contributed by atoms with Crippen LogP contribution < -0.4 is 0 Å². The summed E-state index contributed by atoms with van der Waals surface area (Å²) >= 11 is 11.8. The van der Waals surface area contributed by atoms with Gasteiger partial charge in [0.1, 0.15) is 0 Å². The largest absolute Gasteiger partial charge is 0.288 e. The fourth-order valence-electron chi connectivity index (χ4n) is 1.27. The summed E-state index contributed by atoms with van der Waals surface area (Å²) < 4.78 is 1.41. The second-order valence-electron chi connectivity index (χ2n) is 2.63. The molecule has 0 fully saturated rings. The summed E-state index contributed by atoms with van der Waals surface area (Å²) in [5.74, 6) is 0. The minimum atomic E-state index is 0.413. The molecule has 0 unspecified atom stereocenters. The SMILES string of the molecule is O=Cn1ccc2ccc(Cl)c(Cl)c21. The second kappa shape index (κ2) is 3.05. The maximum absolute atomic E-state index is 10.6. The Hall–Kier alpha value is -0.990. The molecular formula is C9H5Cl2NO.